The molecule has 3 aromatic carbocycles. The van der Waals surface area contributed by atoms with Crippen LogP contribution >= 0.6 is 11.6 Å². The molecular weight excluding hydrogens is 388 g/mol. The van der Waals surface area contributed by atoms with Crippen LogP contribution in [0.2, 0.25) is 5.02 Å². The summed E-state index contributed by atoms with van der Waals surface area (Å²) in [6.45, 7) is 0.624. The first kappa shape index (κ1) is 18.7. The van der Waals surface area contributed by atoms with Crippen LogP contribution in [0.25, 0.3) is 11.0 Å². The molecular formula is C22H16ClN4O2-. The molecule has 0 saturated carbocycles. The number of hydrogen-bond acceptors (Lipinski definition) is 5. The minimum Gasteiger partial charge on any atom is -0.545 e. The molecule has 144 valence electrons. The first-order valence-corrected chi connectivity index (χ1v) is 9.28. The van der Waals surface area contributed by atoms with Crippen molar-refractivity contribution in [3.8, 4) is 0 Å². The lowest BCUT2D eigenvalue weighted by molar-refractivity contribution is -0.255. The number of carbonyl (C=O) groups is 1. The SMILES string of the molecule is O=C([O-])c1ccc(N/N=C\c2nc3ccccc3n2Cc2ccc(Cl)cc2)cc1. The van der Waals surface area contributed by atoms with Crippen LogP contribution in [0, 0.1) is 0 Å². The number of para-hydroxylation sites is 2. The summed E-state index contributed by atoms with van der Waals surface area (Å²) in [6, 6.07) is 21.7. The van der Waals surface area contributed by atoms with Crippen molar-refractivity contribution >= 4 is 40.5 Å². The number of aromatic nitrogens is 2. The molecule has 0 saturated heterocycles. The maximum absolute atomic E-state index is 10.8. The molecule has 0 atom stereocenters. The summed E-state index contributed by atoms with van der Waals surface area (Å²) in [4.78, 5) is 15.5. The number of fused-ring (bicyclic) bond motifs is 1. The van der Waals surface area contributed by atoms with Gasteiger partial charge in [-0.25, -0.2) is 4.98 Å². The number of hydrogen-bond donors (Lipinski definition) is 1. The molecule has 0 aliphatic heterocycles. The average molecular weight is 404 g/mol. The fraction of sp³-hybridized carbons (Fsp3) is 0.0455. The van der Waals surface area contributed by atoms with Crippen molar-refractivity contribution in [2.45, 2.75) is 6.54 Å². The van der Waals surface area contributed by atoms with Crippen molar-refractivity contribution in [2.75, 3.05) is 5.43 Å². The molecule has 4 rings (SSSR count). The van der Waals surface area contributed by atoms with E-state index < -0.39 is 5.97 Å². The van der Waals surface area contributed by atoms with E-state index in [0.29, 0.717) is 23.1 Å². The number of carboxylic acid groups (broad SMARTS) is 1. The maximum atomic E-state index is 10.8. The van der Waals surface area contributed by atoms with E-state index in [-0.39, 0.29) is 5.56 Å². The molecule has 29 heavy (non-hydrogen) atoms. The number of anilines is 1. The van der Waals surface area contributed by atoms with Gasteiger partial charge >= 0.3 is 0 Å². The van der Waals surface area contributed by atoms with Crippen molar-refractivity contribution in [2.24, 2.45) is 5.10 Å². The number of halogens is 1. The molecule has 6 nitrogen and oxygen atoms in total. The summed E-state index contributed by atoms with van der Waals surface area (Å²) < 4.78 is 2.07. The highest BCUT2D eigenvalue weighted by Crippen LogP contribution is 2.18. The second-order valence-corrected chi connectivity index (χ2v) is 6.84. The smallest absolute Gasteiger partial charge is 0.154 e. The molecule has 4 aromatic rings. The Hall–Kier alpha value is -3.64. The third kappa shape index (κ3) is 4.28. The normalized spacial score (nSPS) is 11.2. The van der Waals surface area contributed by atoms with E-state index >= 15 is 0 Å². The molecule has 0 spiro atoms. The van der Waals surface area contributed by atoms with Crippen LogP contribution in [0.4, 0.5) is 5.69 Å². The third-order valence-corrected chi connectivity index (χ3v) is 4.68. The van der Waals surface area contributed by atoms with Gasteiger partial charge in [0.15, 0.2) is 5.82 Å². The Kier molecular flexibility index (Phi) is 5.27. The third-order valence-electron chi connectivity index (χ3n) is 4.43. The summed E-state index contributed by atoms with van der Waals surface area (Å²) >= 11 is 5.99. The second kappa shape index (κ2) is 8.16. The minimum atomic E-state index is -1.21. The van der Waals surface area contributed by atoms with Crippen molar-refractivity contribution in [3.05, 3.63) is 94.8 Å². The highest BCUT2D eigenvalue weighted by Gasteiger charge is 2.09. The number of benzene rings is 3. The number of aromatic carboxylic acids is 1. The molecule has 0 aliphatic rings. The van der Waals surface area contributed by atoms with Gasteiger partial charge in [0, 0.05) is 11.6 Å². The maximum Gasteiger partial charge on any atom is 0.154 e. The Morgan fingerprint density at radius 1 is 1.07 bits per heavy atom. The fourth-order valence-corrected chi connectivity index (χ4v) is 3.10. The van der Waals surface area contributed by atoms with Gasteiger partial charge in [-0.15, -0.1) is 0 Å². The van der Waals surface area contributed by atoms with E-state index in [0.717, 1.165) is 16.6 Å². The van der Waals surface area contributed by atoms with Crippen LogP contribution in [0.3, 0.4) is 0 Å². The first-order chi connectivity index (χ1) is 14.1. The van der Waals surface area contributed by atoms with Gasteiger partial charge in [-0.1, -0.05) is 48.0 Å². The minimum absolute atomic E-state index is 0.115. The zero-order valence-corrected chi connectivity index (χ0v) is 16.0. The van der Waals surface area contributed by atoms with E-state index in [1.165, 1.54) is 12.1 Å². The number of nitrogens with one attached hydrogen (secondary N) is 1. The molecule has 0 bridgehead atoms. The monoisotopic (exact) mass is 403 g/mol. The van der Waals surface area contributed by atoms with Crippen LogP contribution in [-0.4, -0.2) is 21.7 Å². The number of rotatable bonds is 6. The largest absolute Gasteiger partial charge is 0.545 e. The fourth-order valence-electron chi connectivity index (χ4n) is 2.98. The van der Waals surface area contributed by atoms with Gasteiger partial charge in [-0.2, -0.15) is 5.10 Å². The standard InChI is InChI=1S/C22H17ClN4O2/c23-17-9-5-15(6-10-17)14-27-20-4-2-1-3-19(20)25-21(27)13-24-26-18-11-7-16(8-12-18)22(28)29/h1-13,26H,14H2,(H,28,29)/p-1/b24-13-. The predicted molar refractivity (Wildman–Crippen MR) is 112 cm³/mol. The summed E-state index contributed by atoms with van der Waals surface area (Å²) in [5, 5.41) is 15.8. The summed E-state index contributed by atoms with van der Waals surface area (Å²) in [7, 11) is 0. The van der Waals surface area contributed by atoms with Crippen molar-refractivity contribution in [1.29, 1.82) is 0 Å². The second-order valence-electron chi connectivity index (χ2n) is 6.41. The molecule has 0 unspecified atom stereocenters. The Morgan fingerprint density at radius 3 is 2.52 bits per heavy atom. The van der Waals surface area contributed by atoms with E-state index in [2.05, 4.69) is 20.1 Å². The van der Waals surface area contributed by atoms with Gasteiger partial charge in [0.05, 0.1) is 28.9 Å². The van der Waals surface area contributed by atoms with Crippen molar-refractivity contribution in [3.63, 3.8) is 0 Å². The number of nitrogens with zero attached hydrogens (tertiary/aromatic N) is 3. The first-order valence-electron chi connectivity index (χ1n) is 8.90. The number of carboxylic acids is 1. The average Bonchev–Trinajstić information content (AvgIpc) is 3.07. The van der Waals surface area contributed by atoms with Gasteiger partial charge in [0.25, 0.3) is 0 Å². The molecule has 0 radical (unpaired) electrons. The van der Waals surface area contributed by atoms with Crippen LogP contribution in [-0.2, 0) is 6.54 Å². The van der Waals surface area contributed by atoms with Crippen LogP contribution in [0.5, 0.6) is 0 Å². The van der Waals surface area contributed by atoms with Crippen molar-refractivity contribution in [1.82, 2.24) is 9.55 Å². The Balaban J connectivity index is 1.59. The summed E-state index contributed by atoms with van der Waals surface area (Å²) in [5.41, 5.74) is 6.64. The van der Waals surface area contributed by atoms with E-state index in [1.54, 1.807) is 18.3 Å². The molecule has 0 aliphatic carbocycles. The summed E-state index contributed by atoms with van der Waals surface area (Å²) in [6.07, 6.45) is 1.64. The quantitative estimate of drug-likeness (QED) is 0.394. The molecule has 7 heteroatoms. The van der Waals surface area contributed by atoms with E-state index in [9.17, 15) is 9.90 Å². The Morgan fingerprint density at radius 2 is 1.79 bits per heavy atom. The topological polar surface area (TPSA) is 82.3 Å². The molecule has 0 amide bonds. The molecule has 0 fully saturated rings. The zero-order chi connectivity index (χ0) is 20.2. The van der Waals surface area contributed by atoms with E-state index in [1.807, 2.05) is 48.5 Å². The van der Waals surface area contributed by atoms with Gasteiger partial charge < -0.3 is 14.5 Å². The highest BCUT2D eigenvalue weighted by atomic mass is 35.5. The Bertz CT molecular complexity index is 1180. The lowest BCUT2D eigenvalue weighted by atomic mass is 10.2. The van der Waals surface area contributed by atoms with Gasteiger partial charge in [-0.05, 0) is 47.5 Å². The zero-order valence-electron chi connectivity index (χ0n) is 15.2. The Labute approximate surface area is 172 Å². The highest BCUT2D eigenvalue weighted by molar-refractivity contribution is 6.30. The number of imidazole rings is 1. The number of hydrazone groups is 1. The van der Waals surface area contributed by atoms with Crippen molar-refractivity contribution < 1.29 is 9.90 Å². The lowest BCUT2D eigenvalue weighted by Crippen LogP contribution is -2.21. The van der Waals surface area contributed by atoms with Crippen LogP contribution in [0.15, 0.2) is 77.9 Å². The van der Waals surface area contributed by atoms with E-state index in [4.69, 9.17) is 11.6 Å². The predicted octanol–water partition coefficient (Wildman–Crippen LogP) is 3.55. The van der Waals surface area contributed by atoms with Crippen LogP contribution in [0.1, 0.15) is 21.7 Å². The molecule has 1 aromatic heterocycles. The van der Waals surface area contributed by atoms with Crippen LogP contribution < -0.4 is 10.5 Å². The lowest BCUT2D eigenvalue weighted by Gasteiger charge is -2.08. The van der Waals surface area contributed by atoms with Gasteiger partial charge in [-0.3, -0.25) is 5.43 Å². The van der Waals surface area contributed by atoms with Gasteiger partial charge in [0.1, 0.15) is 0 Å². The molecule has 1 heterocycles. The number of carbonyl (C=O) groups excluding carboxylic acids is 1. The summed E-state index contributed by atoms with van der Waals surface area (Å²) in [5.74, 6) is -0.518. The van der Waals surface area contributed by atoms with Gasteiger partial charge in [0.2, 0.25) is 0 Å². The molecule has 1 N–H and O–H groups in total.